The number of carbonyl (C=O) groups is 1. The maximum Gasteiger partial charge on any atom is 0.278 e. The standard InChI is InChI=1S/C17H21N5O3/c1-12-17(21-25-20-12)24-9-7-19-10-13-11-22(8-6-16(18)23)15-5-3-2-4-14(13)15/h2-5,11,19H,6-10H2,1H3,(H2,18,23). The smallest absolute Gasteiger partial charge is 0.278 e. The number of para-hydroxylation sites is 1. The molecule has 3 aromatic rings. The highest BCUT2D eigenvalue weighted by molar-refractivity contribution is 5.84. The molecule has 8 heteroatoms. The van der Waals surface area contributed by atoms with Gasteiger partial charge in [-0.2, -0.15) is 0 Å². The molecule has 0 aliphatic carbocycles. The van der Waals surface area contributed by atoms with Crippen LogP contribution in [0.2, 0.25) is 0 Å². The fourth-order valence-corrected chi connectivity index (χ4v) is 2.68. The number of amides is 1. The number of hydrogen-bond acceptors (Lipinski definition) is 6. The Morgan fingerprint density at radius 2 is 2.20 bits per heavy atom. The second kappa shape index (κ2) is 7.80. The van der Waals surface area contributed by atoms with E-state index in [-0.39, 0.29) is 5.91 Å². The van der Waals surface area contributed by atoms with Gasteiger partial charge < -0.3 is 20.4 Å². The van der Waals surface area contributed by atoms with Gasteiger partial charge in [0, 0.05) is 43.2 Å². The summed E-state index contributed by atoms with van der Waals surface area (Å²) in [5.74, 6) is 0.122. The molecule has 0 bridgehead atoms. The third kappa shape index (κ3) is 4.16. The average Bonchev–Trinajstić information content (AvgIpc) is 3.17. The Kier molecular flexibility index (Phi) is 5.30. The van der Waals surface area contributed by atoms with E-state index in [0.717, 1.165) is 10.9 Å². The van der Waals surface area contributed by atoms with Crippen LogP contribution in [0.15, 0.2) is 35.1 Å². The van der Waals surface area contributed by atoms with Crippen molar-refractivity contribution in [2.45, 2.75) is 26.4 Å². The summed E-state index contributed by atoms with van der Waals surface area (Å²) in [5, 5.41) is 11.8. The first-order chi connectivity index (χ1) is 12.1. The van der Waals surface area contributed by atoms with E-state index < -0.39 is 0 Å². The normalized spacial score (nSPS) is 11.1. The summed E-state index contributed by atoms with van der Waals surface area (Å²) in [7, 11) is 0. The van der Waals surface area contributed by atoms with Crippen LogP contribution in [-0.2, 0) is 17.9 Å². The van der Waals surface area contributed by atoms with E-state index >= 15 is 0 Å². The van der Waals surface area contributed by atoms with Crippen molar-refractivity contribution in [3.05, 3.63) is 41.7 Å². The monoisotopic (exact) mass is 343 g/mol. The van der Waals surface area contributed by atoms with E-state index in [1.54, 1.807) is 6.92 Å². The van der Waals surface area contributed by atoms with Crippen molar-refractivity contribution >= 4 is 16.8 Å². The fourth-order valence-electron chi connectivity index (χ4n) is 2.68. The summed E-state index contributed by atoms with van der Waals surface area (Å²) < 4.78 is 12.1. The second-order valence-corrected chi connectivity index (χ2v) is 5.76. The largest absolute Gasteiger partial charge is 0.473 e. The van der Waals surface area contributed by atoms with Gasteiger partial charge in [-0.1, -0.05) is 23.4 Å². The number of carbonyl (C=O) groups excluding carboxylic acids is 1. The number of rotatable bonds is 9. The number of aryl methyl sites for hydroxylation is 2. The summed E-state index contributed by atoms with van der Waals surface area (Å²) in [6.45, 7) is 4.18. The fraction of sp³-hybridized carbons (Fsp3) is 0.353. The minimum atomic E-state index is -0.299. The van der Waals surface area contributed by atoms with Crippen LogP contribution in [-0.4, -0.2) is 33.9 Å². The van der Waals surface area contributed by atoms with Crippen LogP contribution in [0.5, 0.6) is 5.88 Å². The lowest BCUT2D eigenvalue weighted by Gasteiger charge is -2.05. The zero-order valence-electron chi connectivity index (χ0n) is 14.1. The number of nitrogens with two attached hydrogens (primary N) is 1. The van der Waals surface area contributed by atoms with E-state index in [1.807, 2.05) is 18.2 Å². The molecule has 132 valence electrons. The van der Waals surface area contributed by atoms with Gasteiger partial charge in [-0.3, -0.25) is 4.79 Å². The van der Waals surface area contributed by atoms with Crippen LogP contribution in [0.25, 0.3) is 10.9 Å². The van der Waals surface area contributed by atoms with Gasteiger partial charge >= 0.3 is 0 Å². The second-order valence-electron chi connectivity index (χ2n) is 5.76. The Morgan fingerprint density at radius 1 is 1.36 bits per heavy atom. The van der Waals surface area contributed by atoms with E-state index in [2.05, 4.69) is 37.1 Å². The SMILES string of the molecule is Cc1nonc1OCCNCc1cn(CCC(N)=O)c2ccccc12. The molecular formula is C17H21N5O3. The zero-order valence-corrected chi connectivity index (χ0v) is 14.1. The zero-order chi connectivity index (χ0) is 17.6. The first-order valence-electron chi connectivity index (χ1n) is 8.13. The van der Waals surface area contributed by atoms with Gasteiger partial charge in [-0.15, -0.1) is 0 Å². The lowest BCUT2D eigenvalue weighted by molar-refractivity contribution is -0.118. The topological polar surface area (TPSA) is 108 Å². The Labute approximate surface area is 144 Å². The van der Waals surface area contributed by atoms with Crippen LogP contribution in [0.4, 0.5) is 0 Å². The van der Waals surface area contributed by atoms with Gasteiger partial charge in [0.05, 0.1) is 0 Å². The van der Waals surface area contributed by atoms with Crippen LogP contribution in [0, 0.1) is 6.92 Å². The van der Waals surface area contributed by atoms with Crippen LogP contribution >= 0.6 is 0 Å². The molecule has 0 spiro atoms. The Bertz CT molecular complexity index is 855. The number of primary amides is 1. The molecule has 0 aliphatic rings. The van der Waals surface area contributed by atoms with Crippen molar-refractivity contribution in [3.8, 4) is 5.88 Å². The van der Waals surface area contributed by atoms with Gasteiger partial charge in [-0.05, 0) is 23.7 Å². The van der Waals surface area contributed by atoms with E-state index in [9.17, 15) is 4.79 Å². The van der Waals surface area contributed by atoms with Gasteiger partial charge in [0.25, 0.3) is 5.88 Å². The molecule has 0 fully saturated rings. The van der Waals surface area contributed by atoms with E-state index in [1.165, 1.54) is 5.56 Å². The number of nitrogens with one attached hydrogen (secondary N) is 1. The van der Waals surface area contributed by atoms with Crippen molar-refractivity contribution in [2.75, 3.05) is 13.2 Å². The highest BCUT2D eigenvalue weighted by Gasteiger charge is 2.09. The number of benzene rings is 1. The minimum Gasteiger partial charge on any atom is -0.473 e. The van der Waals surface area contributed by atoms with Crippen molar-refractivity contribution in [1.29, 1.82) is 0 Å². The molecule has 25 heavy (non-hydrogen) atoms. The predicted octanol–water partition coefficient (Wildman–Crippen LogP) is 1.38. The van der Waals surface area contributed by atoms with Gasteiger partial charge in [0.15, 0.2) is 0 Å². The summed E-state index contributed by atoms with van der Waals surface area (Å²) in [4.78, 5) is 11.0. The summed E-state index contributed by atoms with van der Waals surface area (Å²) in [5.41, 5.74) is 8.16. The van der Waals surface area contributed by atoms with E-state index in [4.69, 9.17) is 10.5 Å². The number of nitrogens with zero attached hydrogens (tertiary/aromatic N) is 3. The average molecular weight is 343 g/mol. The Balaban J connectivity index is 1.57. The third-order valence-electron chi connectivity index (χ3n) is 3.91. The molecule has 2 heterocycles. The lowest BCUT2D eigenvalue weighted by Crippen LogP contribution is -2.20. The van der Waals surface area contributed by atoms with E-state index in [0.29, 0.717) is 44.2 Å². The molecule has 3 rings (SSSR count). The number of hydrogen-bond donors (Lipinski definition) is 2. The first-order valence-corrected chi connectivity index (χ1v) is 8.13. The van der Waals surface area contributed by atoms with Gasteiger partial charge in [0.1, 0.15) is 12.3 Å². The summed E-state index contributed by atoms with van der Waals surface area (Å²) in [6.07, 6.45) is 2.39. The number of fused-ring (bicyclic) bond motifs is 1. The molecule has 3 N–H and O–H groups in total. The Hall–Kier alpha value is -2.87. The van der Waals surface area contributed by atoms with Crippen molar-refractivity contribution < 1.29 is 14.2 Å². The third-order valence-corrected chi connectivity index (χ3v) is 3.91. The van der Waals surface area contributed by atoms with Crippen molar-refractivity contribution in [3.63, 3.8) is 0 Å². The molecule has 1 aromatic carbocycles. The molecule has 1 amide bonds. The molecule has 0 saturated carbocycles. The molecule has 0 unspecified atom stereocenters. The molecule has 0 saturated heterocycles. The highest BCUT2D eigenvalue weighted by Crippen LogP contribution is 2.21. The summed E-state index contributed by atoms with van der Waals surface area (Å²) in [6, 6.07) is 8.12. The van der Waals surface area contributed by atoms with Crippen molar-refractivity contribution in [2.24, 2.45) is 5.73 Å². The molecule has 0 aliphatic heterocycles. The predicted molar refractivity (Wildman–Crippen MR) is 92.0 cm³/mol. The quantitative estimate of drug-likeness (QED) is 0.568. The number of aromatic nitrogens is 3. The lowest BCUT2D eigenvalue weighted by atomic mass is 10.2. The molecule has 0 atom stereocenters. The van der Waals surface area contributed by atoms with Gasteiger partial charge in [0.2, 0.25) is 5.91 Å². The summed E-state index contributed by atoms with van der Waals surface area (Å²) >= 11 is 0. The van der Waals surface area contributed by atoms with Crippen molar-refractivity contribution in [1.82, 2.24) is 20.2 Å². The van der Waals surface area contributed by atoms with Crippen LogP contribution in [0.1, 0.15) is 17.7 Å². The maximum absolute atomic E-state index is 11.0. The maximum atomic E-state index is 11.0. The van der Waals surface area contributed by atoms with Crippen LogP contribution < -0.4 is 15.8 Å². The molecule has 8 nitrogen and oxygen atoms in total. The Morgan fingerprint density at radius 3 is 2.96 bits per heavy atom. The highest BCUT2D eigenvalue weighted by atomic mass is 16.6. The molecule has 2 aromatic heterocycles. The molecule has 0 radical (unpaired) electrons. The van der Waals surface area contributed by atoms with Crippen LogP contribution in [0.3, 0.4) is 0 Å². The molecular weight excluding hydrogens is 322 g/mol. The number of ether oxygens (including phenoxy) is 1. The minimum absolute atomic E-state index is 0.299. The first kappa shape index (κ1) is 17.0. The van der Waals surface area contributed by atoms with Gasteiger partial charge in [-0.25, -0.2) is 4.63 Å².